The van der Waals surface area contributed by atoms with E-state index in [2.05, 4.69) is 29.6 Å². The highest BCUT2D eigenvalue weighted by molar-refractivity contribution is 6.33. The summed E-state index contributed by atoms with van der Waals surface area (Å²) < 4.78 is 0. The smallest absolute Gasteiger partial charge is 0.337 e. The molecule has 0 bridgehead atoms. The first-order chi connectivity index (χ1) is 9.63. The molecule has 0 saturated carbocycles. The molecule has 0 amide bonds. The van der Waals surface area contributed by atoms with Gasteiger partial charge in [0.15, 0.2) is 0 Å². The molecule has 1 aliphatic carbocycles. The number of anilines is 1. The Morgan fingerprint density at radius 2 is 1.80 bits per heavy atom. The zero-order chi connectivity index (χ0) is 14.1. The van der Waals surface area contributed by atoms with Crippen LogP contribution in [0.3, 0.4) is 0 Å². The quantitative estimate of drug-likeness (QED) is 0.906. The van der Waals surface area contributed by atoms with Crippen molar-refractivity contribution >= 4 is 23.3 Å². The number of nitrogens with one attached hydrogen (secondary N) is 1. The fourth-order valence-electron chi connectivity index (χ4n) is 2.67. The fraction of sp³-hybridized carbons (Fsp3) is 0.188. The largest absolute Gasteiger partial charge is 0.478 e. The molecule has 0 heterocycles. The van der Waals surface area contributed by atoms with E-state index < -0.39 is 5.97 Å². The van der Waals surface area contributed by atoms with Crippen molar-refractivity contribution in [3.8, 4) is 0 Å². The molecule has 2 aromatic rings. The molecule has 0 aliphatic heterocycles. The van der Waals surface area contributed by atoms with Crippen LogP contribution in [-0.2, 0) is 12.8 Å². The molecule has 0 unspecified atom stereocenters. The monoisotopic (exact) mass is 287 g/mol. The van der Waals surface area contributed by atoms with Crippen LogP contribution in [-0.4, -0.2) is 17.1 Å². The van der Waals surface area contributed by atoms with E-state index in [4.69, 9.17) is 16.7 Å². The van der Waals surface area contributed by atoms with Crippen LogP contribution in [0.15, 0.2) is 42.5 Å². The summed E-state index contributed by atoms with van der Waals surface area (Å²) >= 11 is 5.98. The highest BCUT2D eigenvalue weighted by atomic mass is 35.5. The van der Waals surface area contributed by atoms with E-state index in [0.717, 1.165) is 18.5 Å². The van der Waals surface area contributed by atoms with Crippen LogP contribution in [0.2, 0.25) is 5.02 Å². The number of rotatable bonds is 3. The van der Waals surface area contributed by atoms with Crippen LogP contribution in [0.4, 0.5) is 5.69 Å². The van der Waals surface area contributed by atoms with E-state index in [0.29, 0.717) is 6.04 Å². The van der Waals surface area contributed by atoms with Gasteiger partial charge >= 0.3 is 5.97 Å². The molecule has 0 atom stereocenters. The van der Waals surface area contributed by atoms with Crippen molar-refractivity contribution in [3.63, 3.8) is 0 Å². The normalized spacial score (nSPS) is 14.1. The number of benzene rings is 2. The van der Waals surface area contributed by atoms with E-state index in [1.165, 1.54) is 17.2 Å². The third kappa shape index (κ3) is 2.49. The second-order valence-electron chi connectivity index (χ2n) is 5.02. The van der Waals surface area contributed by atoms with Gasteiger partial charge in [-0.1, -0.05) is 35.9 Å². The summed E-state index contributed by atoms with van der Waals surface area (Å²) in [5, 5.41) is 12.6. The topological polar surface area (TPSA) is 49.3 Å². The summed E-state index contributed by atoms with van der Waals surface area (Å²) in [6.45, 7) is 0. The summed E-state index contributed by atoms with van der Waals surface area (Å²) in [7, 11) is 0. The van der Waals surface area contributed by atoms with Gasteiger partial charge in [-0.3, -0.25) is 0 Å². The molecule has 0 spiro atoms. The number of hydrogen-bond donors (Lipinski definition) is 2. The van der Waals surface area contributed by atoms with Crippen molar-refractivity contribution in [2.45, 2.75) is 18.9 Å². The second kappa shape index (κ2) is 5.17. The lowest BCUT2D eigenvalue weighted by Crippen LogP contribution is -2.19. The van der Waals surface area contributed by atoms with Crippen molar-refractivity contribution in [2.75, 3.05) is 5.32 Å². The van der Waals surface area contributed by atoms with Crippen LogP contribution in [0.5, 0.6) is 0 Å². The molecule has 2 N–H and O–H groups in total. The Kier molecular flexibility index (Phi) is 3.36. The third-order valence-electron chi connectivity index (χ3n) is 3.62. The number of halogens is 1. The summed E-state index contributed by atoms with van der Waals surface area (Å²) in [6, 6.07) is 13.7. The number of fused-ring (bicyclic) bond motifs is 1. The van der Waals surface area contributed by atoms with Crippen molar-refractivity contribution in [3.05, 3.63) is 64.2 Å². The van der Waals surface area contributed by atoms with Gasteiger partial charge in [0, 0.05) is 11.7 Å². The Hall–Kier alpha value is -2.00. The molecule has 0 radical (unpaired) electrons. The first-order valence-electron chi connectivity index (χ1n) is 6.49. The van der Waals surface area contributed by atoms with Gasteiger partial charge in [-0.05, 0) is 42.2 Å². The van der Waals surface area contributed by atoms with Gasteiger partial charge < -0.3 is 10.4 Å². The Balaban J connectivity index is 1.74. The summed E-state index contributed by atoms with van der Waals surface area (Å²) in [4.78, 5) is 10.9. The minimum absolute atomic E-state index is 0.131. The molecule has 2 aromatic carbocycles. The molecule has 1 aliphatic rings. The highest BCUT2D eigenvalue weighted by Gasteiger charge is 2.21. The summed E-state index contributed by atoms with van der Waals surface area (Å²) in [6.07, 6.45) is 1.96. The Morgan fingerprint density at radius 1 is 1.15 bits per heavy atom. The van der Waals surface area contributed by atoms with Gasteiger partial charge in [0.25, 0.3) is 0 Å². The van der Waals surface area contributed by atoms with Gasteiger partial charge in [0.1, 0.15) is 0 Å². The zero-order valence-electron chi connectivity index (χ0n) is 10.8. The molecule has 0 fully saturated rings. The zero-order valence-corrected chi connectivity index (χ0v) is 11.5. The van der Waals surface area contributed by atoms with E-state index in [-0.39, 0.29) is 10.6 Å². The van der Waals surface area contributed by atoms with E-state index >= 15 is 0 Å². The maximum Gasteiger partial charge on any atom is 0.337 e. The molecule has 102 valence electrons. The van der Waals surface area contributed by atoms with Crippen molar-refractivity contribution < 1.29 is 9.90 Å². The van der Waals surface area contributed by atoms with Crippen molar-refractivity contribution in [1.82, 2.24) is 0 Å². The second-order valence-corrected chi connectivity index (χ2v) is 5.43. The standard InChI is InChI=1S/C16H14ClNO2/c17-15-9-12(5-6-14(15)16(19)20)18-13-7-10-3-1-2-4-11(10)8-13/h1-6,9,13,18H,7-8H2,(H,19,20). The SMILES string of the molecule is O=C(O)c1ccc(NC2Cc3ccccc3C2)cc1Cl. The predicted molar refractivity (Wildman–Crippen MR) is 79.7 cm³/mol. The van der Waals surface area contributed by atoms with Crippen LogP contribution in [0.1, 0.15) is 21.5 Å². The summed E-state index contributed by atoms with van der Waals surface area (Å²) in [5.74, 6) is -1.00. The Labute approximate surface area is 122 Å². The van der Waals surface area contributed by atoms with Gasteiger partial charge in [0.05, 0.1) is 10.6 Å². The van der Waals surface area contributed by atoms with Crippen molar-refractivity contribution in [2.24, 2.45) is 0 Å². The molecule has 0 aromatic heterocycles. The Bertz CT molecular complexity index is 644. The number of aromatic carboxylic acids is 1. The van der Waals surface area contributed by atoms with E-state index in [1.54, 1.807) is 12.1 Å². The van der Waals surface area contributed by atoms with Gasteiger partial charge in [-0.25, -0.2) is 4.79 Å². The molecule has 3 nitrogen and oxygen atoms in total. The van der Waals surface area contributed by atoms with Crippen LogP contribution in [0.25, 0.3) is 0 Å². The first kappa shape index (κ1) is 13.0. The highest BCUT2D eigenvalue weighted by Crippen LogP contribution is 2.26. The van der Waals surface area contributed by atoms with E-state index in [9.17, 15) is 4.79 Å². The van der Waals surface area contributed by atoms with Gasteiger partial charge in [-0.15, -0.1) is 0 Å². The number of carboxylic acids is 1. The fourth-order valence-corrected chi connectivity index (χ4v) is 2.94. The number of hydrogen-bond acceptors (Lipinski definition) is 2. The Morgan fingerprint density at radius 3 is 2.35 bits per heavy atom. The first-order valence-corrected chi connectivity index (χ1v) is 6.87. The summed E-state index contributed by atoms with van der Waals surface area (Å²) in [5.41, 5.74) is 3.74. The lowest BCUT2D eigenvalue weighted by Gasteiger charge is -2.14. The molecule has 0 saturated heterocycles. The average Bonchev–Trinajstić information content (AvgIpc) is 2.80. The van der Waals surface area contributed by atoms with Crippen LogP contribution in [0, 0.1) is 0 Å². The van der Waals surface area contributed by atoms with Gasteiger partial charge in [-0.2, -0.15) is 0 Å². The van der Waals surface area contributed by atoms with Crippen LogP contribution < -0.4 is 5.32 Å². The third-order valence-corrected chi connectivity index (χ3v) is 3.93. The average molecular weight is 288 g/mol. The molecule has 3 rings (SSSR count). The maximum absolute atomic E-state index is 10.9. The minimum atomic E-state index is -1.00. The lowest BCUT2D eigenvalue weighted by molar-refractivity contribution is 0.0697. The number of carbonyl (C=O) groups is 1. The predicted octanol–water partition coefficient (Wildman–Crippen LogP) is 3.62. The van der Waals surface area contributed by atoms with E-state index in [1.807, 2.05) is 0 Å². The minimum Gasteiger partial charge on any atom is -0.478 e. The molecule has 4 heteroatoms. The lowest BCUT2D eigenvalue weighted by atomic mass is 10.1. The van der Waals surface area contributed by atoms with Crippen LogP contribution >= 0.6 is 11.6 Å². The van der Waals surface area contributed by atoms with Crippen molar-refractivity contribution in [1.29, 1.82) is 0 Å². The maximum atomic E-state index is 10.9. The molecular formula is C16H14ClNO2. The molecule has 20 heavy (non-hydrogen) atoms. The van der Waals surface area contributed by atoms with Gasteiger partial charge in [0.2, 0.25) is 0 Å². The number of carboxylic acid groups (broad SMARTS) is 1. The molecular weight excluding hydrogens is 274 g/mol.